The lowest BCUT2D eigenvalue weighted by Gasteiger charge is -2.11. The first kappa shape index (κ1) is 19.6. The van der Waals surface area contributed by atoms with Gasteiger partial charge in [0.15, 0.2) is 9.84 Å². The van der Waals surface area contributed by atoms with Gasteiger partial charge in [0.1, 0.15) is 0 Å². The smallest absolute Gasteiger partial charge is 0.318 e. The van der Waals surface area contributed by atoms with E-state index in [2.05, 4.69) is 5.16 Å². The Morgan fingerprint density at radius 1 is 1.23 bits per heavy atom. The van der Waals surface area contributed by atoms with Crippen LogP contribution in [0.15, 0.2) is 58.6 Å². The Morgan fingerprint density at radius 2 is 1.85 bits per heavy atom. The Hall–Kier alpha value is -2.69. The summed E-state index contributed by atoms with van der Waals surface area (Å²) in [5.74, 6) is -0.764. The zero-order valence-corrected chi connectivity index (χ0v) is 15.4. The molecule has 2 rings (SSSR count). The molecule has 0 aliphatic rings. The third-order valence-electron chi connectivity index (χ3n) is 3.52. The SMILES string of the molecule is C[C@H](CC(=O)O/N=C\c1ccc(C#N)cc1)S(=O)(=O)c1ccc(Cl)cc1. The highest BCUT2D eigenvalue weighted by Crippen LogP contribution is 2.20. The standard InChI is InChI=1S/C18H15ClN2O4S/c1-13(26(23,24)17-8-6-16(19)7-9-17)10-18(22)25-21-12-15-4-2-14(11-20)3-5-15/h2-9,12-13H,10H2,1H3/b21-12-/t13-/m1/s1. The van der Waals surface area contributed by atoms with Crippen LogP contribution >= 0.6 is 11.6 Å². The van der Waals surface area contributed by atoms with Gasteiger partial charge in [-0.3, -0.25) is 0 Å². The second kappa shape index (κ2) is 8.61. The van der Waals surface area contributed by atoms with Crippen LogP contribution in [0, 0.1) is 11.3 Å². The van der Waals surface area contributed by atoms with Gasteiger partial charge in [0.2, 0.25) is 0 Å². The van der Waals surface area contributed by atoms with Crippen LogP contribution in [0.1, 0.15) is 24.5 Å². The van der Waals surface area contributed by atoms with Crippen molar-refractivity contribution in [3.8, 4) is 6.07 Å². The summed E-state index contributed by atoms with van der Waals surface area (Å²) in [5.41, 5.74) is 1.14. The fraction of sp³-hybridized carbons (Fsp3) is 0.167. The van der Waals surface area contributed by atoms with Gasteiger partial charge in [0.05, 0.1) is 34.4 Å². The van der Waals surface area contributed by atoms with E-state index in [0.717, 1.165) is 0 Å². The molecule has 0 aliphatic carbocycles. The highest BCUT2D eigenvalue weighted by atomic mass is 35.5. The molecule has 26 heavy (non-hydrogen) atoms. The van der Waals surface area contributed by atoms with Crippen LogP contribution in [0.2, 0.25) is 5.02 Å². The predicted molar refractivity (Wildman–Crippen MR) is 97.6 cm³/mol. The van der Waals surface area contributed by atoms with Gasteiger partial charge in [-0.25, -0.2) is 13.2 Å². The number of nitrogens with zero attached hydrogens (tertiary/aromatic N) is 2. The third kappa shape index (κ3) is 5.15. The summed E-state index contributed by atoms with van der Waals surface area (Å²) < 4.78 is 24.8. The van der Waals surface area contributed by atoms with Crippen molar-refractivity contribution < 1.29 is 18.0 Å². The lowest BCUT2D eigenvalue weighted by molar-refractivity contribution is -0.143. The summed E-state index contributed by atoms with van der Waals surface area (Å²) in [6.07, 6.45) is 0.965. The summed E-state index contributed by atoms with van der Waals surface area (Å²) in [7, 11) is -3.68. The minimum absolute atomic E-state index is 0.0864. The first-order valence-corrected chi connectivity index (χ1v) is 9.48. The molecule has 2 aromatic rings. The molecule has 0 saturated heterocycles. The van der Waals surface area contributed by atoms with Gasteiger partial charge >= 0.3 is 5.97 Å². The molecule has 0 bridgehead atoms. The first-order chi connectivity index (χ1) is 12.3. The van der Waals surface area contributed by atoms with Crippen LogP contribution in [0.4, 0.5) is 0 Å². The van der Waals surface area contributed by atoms with Gasteiger partial charge in [-0.05, 0) is 48.9 Å². The van der Waals surface area contributed by atoms with Crippen LogP contribution < -0.4 is 0 Å². The number of rotatable bonds is 6. The van der Waals surface area contributed by atoms with Gasteiger partial charge in [0.25, 0.3) is 0 Å². The molecule has 0 spiro atoms. The molecule has 0 N–H and O–H groups in total. The Balaban J connectivity index is 1.94. The van der Waals surface area contributed by atoms with Gasteiger partial charge in [-0.2, -0.15) is 5.26 Å². The van der Waals surface area contributed by atoms with Crippen molar-refractivity contribution in [2.75, 3.05) is 0 Å². The topological polar surface area (TPSA) is 96.6 Å². The first-order valence-electron chi connectivity index (χ1n) is 7.56. The van der Waals surface area contributed by atoms with Crippen LogP contribution in [-0.4, -0.2) is 25.9 Å². The van der Waals surface area contributed by atoms with Gasteiger partial charge in [-0.1, -0.05) is 28.9 Å². The second-order valence-electron chi connectivity index (χ2n) is 5.45. The van der Waals surface area contributed by atoms with Crippen LogP contribution in [0.3, 0.4) is 0 Å². The highest BCUT2D eigenvalue weighted by molar-refractivity contribution is 7.92. The fourth-order valence-electron chi connectivity index (χ4n) is 2.03. The number of nitriles is 1. The summed E-state index contributed by atoms with van der Waals surface area (Å²) >= 11 is 5.75. The third-order valence-corrected chi connectivity index (χ3v) is 5.93. The Morgan fingerprint density at radius 3 is 2.42 bits per heavy atom. The number of halogens is 1. The molecular weight excluding hydrogens is 376 g/mol. The van der Waals surface area contributed by atoms with Crippen molar-refractivity contribution in [1.82, 2.24) is 0 Å². The predicted octanol–water partition coefficient (Wildman–Crippen LogP) is 3.34. The van der Waals surface area contributed by atoms with Crippen molar-refractivity contribution in [3.63, 3.8) is 0 Å². The molecule has 0 saturated carbocycles. The average molecular weight is 391 g/mol. The molecule has 0 unspecified atom stereocenters. The second-order valence-corrected chi connectivity index (χ2v) is 8.25. The quantitative estimate of drug-likeness (QED) is 0.428. The molecule has 0 radical (unpaired) electrons. The molecular formula is C18H15ClN2O4S. The van der Waals surface area contributed by atoms with E-state index in [4.69, 9.17) is 21.7 Å². The number of benzene rings is 2. The van der Waals surface area contributed by atoms with E-state index >= 15 is 0 Å². The van der Waals surface area contributed by atoms with Crippen molar-refractivity contribution in [3.05, 3.63) is 64.7 Å². The monoisotopic (exact) mass is 390 g/mol. The van der Waals surface area contributed by atoms with E-state index in [1.54, 1.807) is 24.3 Å². The molecule has 1 atom stereocenters. The maximum absolute atomic E-state index is 12.4. The average Bonchev–Trinajstić information content (AvgIpc) is 2.62. The van der Waals surface area contributed by atoms with Crippen LogP contribution in [0.5, 0.6) is 0 Å². The lowest BCUT2D eigenvalue weighted by atomic mass is 10.2. The summed E-state index contributed by atoms with van der Waals surface area (Å²) in [4.78, 5) is 16.6. The van der Waals surface area contributed by atoms with E-state index in [-0.39, 0.29) is 11.3 Å². The molecule has 6 nitrogen and oxygen atoms in total. The molecule has 2 aromatic carbocycles. The van der Waals surface area contributed by atoms with Gasteiger partial charge in [0, 0.05) is 5.02 Å². The van der Waals surface area contributed by atoms with Crippen molar-refractivity contribution in [2.45, 2.75) is 23.5 Å². The minimum Gasteiger partial charge on any atom is -0.318 e. The summed E-state index contributed by atoms with van der Waals surface area (Å²) in [6.45, 7) is 1.43. The number of carbonyl (C=O) groups is 1. The maximum Gasteiger partial charge on any atom is 0.336 e. The lowest BCUT2D eigenvalue weighted by Crippen LogP contribution is -2.22. The zero-order chi connectivity index (χ0) is 19.2. The largest absolute Gasteiger partial charge is 0.336 e. The molecule has 0 fully saturated rings. The van der Waals surface area contributed by atoms with Crippen LogP contribution in [0.25, 0.3) is 0 Å². The van der Waals surface area contributed by atoms with Crippen molar-refractivity contribution in [1.29, 1.82) is 5.26 Å². The molecule has 0 aromatic heterocycles. The Kier molecular flexibility index (Phi) is 6.50. The Bertz CT molecular complexity index is 946. The number of carbonyl (C=O) groups excluding carboxylic acids is 1. The zero-order valence-electron chi connectivity index (χ0n) is 13.8. The summed E-state index contributed by atoms with van der Waals surface area (Å²) in [6, 6.07) is 14.2. The Labute approximate surface area is 156 Å². The van der Waals surface area contributed by atoms with E-state index in [9.17, 15) is 13.2 Å². The fourth-order valence-corrected chi connectivity index (χ4v) is 3.49. The number of hydrogen-bond donors (Lipinski definition) is 0. The van der Waals surface area contributed by atoms with Gasteiger partial charge in [-0.15, -0.1) is 0 Å². The molecule has 0 heterocycles. The number of sulfone groups is 1. The number of hydrogen-bond acceptors (Lipinski definition) is 6. The highest BCUT2D eigenvalue weighted by Gasteiger charge is 2.26. The minimum atomic E-state index is -3.68. The van der Waals surface area contributed by atoms with Crippen molar-refractivity contribution in [2.24, 2.45) is 5.16 Å². The van der Waals surface area contributed by atoms with E-state index in [1.165, 1.54) is 37.4 Å². The van der Waals surface area contributed by atoms with E-state index in [0.29, 0.717) is 16.1 Å². The van der Waals surface area contributed by atoms with E-state index < -0.39 is 21.1 Å². The molecule has 0 amide bonds. The van der Waals surface area contributed by atoms with Crippen molar-refractivity contribution >= 4 is 33.6 Å². The summed E-state index contributed by atoms with van der Waals surface area (Å²) in [5, 5.41) is 11.7. The molecule has 8 heteroatoms. The molecule has 0 aliphatic heterocycles. The number of oxime groups is 1. The van der Waals surface area contributed by atoms with Gasteiger partial charge < -0.3 is 4.84 Å². The van der Waals surface area contributed by atoms with Crippen LogP contribution in [-0.2, 0) is 19.5 Å². The maximum atomic E-state index is 12.4. The molecule has 134 valence electrons. The normalized spacial score (nSPS) is 12.5. The van der Waals surface area contributed by atoms with E-state index in [1.807, 2.05) is 6.07 Å².